The largest absolute Gasteiger partial charge is 0.357 e. The second-order valence-electron chi connectivity index (χ2n) is 5.83. The second-order valence-corrected chi connectivity index (χ2v) is 5.83. The van der Waals surface area contributed by atoms with Crippen molar-refractivity contribution in [1.29, 1.82) is 0 Å². The number of para-hydroxylation sites is 1. The van der Waals surface area contributed by atoms with Crippen LogP contribution in [0, 0.1) is 0 Å². The van der Waals surface area contributed by atoms with Crippen LogP contribution in [0.15, 0.2) is 72.8 Å². The van der Waals surface area contributed by atoms with Gasteiger partial charge >= 0.3 is 0 Å². The van der Waals surface area contributed by atoms with E-state index in [1.54, 1.807) is 0 Å². The number of rotatable bonds is 4. The van der Waals surface area contributed by atoms with E-state index >= 15 is 0 Å². The average molecular weight is 303 g/mol. The minimum absolute atomic E-state index is 0.132. The predicted octanol–water partition coefficient (Wildman–Crippen LogP) is 5.17. The Morgan fingerprint density at radius 1 is 0.957 bits per heavy atom. The summed E-state index contributed by atoms with van der Waals surface area (Å²) >= 11 is 0. The fourth-order valence-corrected chi connectivity index (χ4v) is 3.03. The van der Waals surface area contributed by atoms with E-state index in [9.17, 15) is 0 Å². The first-order chi connectivity index (χ1) is 12.0. The molecule has 0 aliphatic rings. The van der Waals surface area contributed by atoms with Gasteiger partial charge in [0.15, 0.2) is 0 Å². The normalized spacial score (nSPS) is 14.7. The molecule has 0 aliphatic heterocycles. The lowest BCUT2D eigenvalue weighted by Gasteiger charge is -2.16. The number of hydrogen-bond donors (Lipinski definition) is 2. The van der Waals surface area contributed by atoms with Crippen LogP contribution in [0.2, 0.25) is 0 Å². The lowest BCUT2D eigenvalue weighted by molar-refractivity contribution is 0.573. The van der Waals surface area contributed by atoms with E-state index in [0.29, 0.717) is 5.69 Å². The molecule has 0 fully saturated rings. The van der Waals surface area contributed by atoms with Crippen molar-refractivity contribution in [3.05, 3.63) is 84.1 Å². The standard InChI is InChI=1S/C21H20N2/c1-15(19-11-6-9-16-7-2-4-10-20(16)19)22-14-18-13-17-8-3-5-12-21(17)23-18/h2-13,15,22-23H,14H2,1H3/t15-/m1/s1/i14+1D2. The smallest absolute Gasteiger partial charge is 0.0495 e. The summed E-state index contributed by atoms with van der Waals surface area (Å²) in [5.41, 5.74) is 2.58. The molecule has 0 bridgehead atoms. The molecule has 1 heterocycles. The quantitative estimate of drug-likeness (QED) is 0.500. The van der Waals surface area contributed by atoms with Gasteiger partial charge in [-0.25, -0.2) is 0 Å². The SMILES string of the molecule is [2H][13C]([2H])(N[C@H](C)c1cccc2ccccc12)c1cc2ccccc2[nH]1. The zero-order valence-corrected chi connectivity index (χ0v) is 13.0. The summed E-state index contributed by atoms with van der Waals surface area (Å²) in [5.74, 6) is 0. The maximum atomic E-state index is 8.51. The van der Waals surface area contributed by atoms with E-state index < -0.39 is 6.50 Å². The molecular formula is C21H20N2. The third-order valence-electron chi connectivity index (χ3n) is 4.24. The van der Waals surface area contributed by atoms with Crippen molar-refractivity contribution in [3.63, 3.8) is 0 Å². The lowest BCUT2D eigenvalue weighted by Crippen LogP contribution is -2.18. The second kappa shape index (κ2) is 5.90. The van der Waals surface area contributed by atoms with Crippen molar-refractivity contribution < 1.29 is 2.74 Å². The van der Waals surface area contributed by atoms with Crippen LogP contribution in [0.1, 0.15) is 27.0 Å². The summed E-state index contributed by atoms with van der Waals surface area (Å²) in [6.07, 6.45) is 0. The summed E-state index contributed by atoms with van der Waals surface area (Å²) < 4.78 is 17.0. The first-order valence-electron chi connectivity index (χ1n) is 8.88. The molecule has 0 amide bonds. The average Bonchev–Trinajstić information content (AvgIpc) is 3.06. The Morgan fingerprint density at radius 3 is 2.57 bits per heavy atom. The maximum absolute atomic E-state index is 8.51. The van der Waals surface area contributed by atoms with Crippen LogP contribution >= 0.6 is 0 Å². The van der Waals surface area contributed by atoms with Crippen molar-refractivity contribution >= 4 is 21.7 Å². The monoisotopic (exact) mass is 303 g/mol. The fourth-order valence-electron chi connectivity index (χ4n) is 3.03. The molecule has 3 aromatic carbocycles. The van der Waals surface area contributed by atoms with Crippen LogP contribution in [-0.2, 0) is 6.50 Å². The zero-order valence-electron chi connectivity index (χ0n) is 15.0. The lowest BCUT2D eigenvalue weighted by atomic mass is 10.00. The van der Waals surface area contributed by atoms with Crippen LogP contribution in [0.3, 0.4) is 0 Å². The third kappa shape index (κ3) is 2.73. The number of aromatic nitrogens is 1. The number of H-pyrrole nitrogens is 1. The van der Waals surface area contributed by atoms with Crippen LogP contribution in [0.5, 0.6) is 0 Å². The topological polar surface area (TPSA) is 27.8 Å². The fraction of sp³-hybridized carbons (Fsp3) is 0.143. The van der Waals surface area contributed by atoms with Crippen molar-refractivity contribution in [2.75, 3.05) is 0 Å². The molecular weight excluding hydrogens is 281 g/mol. The Kier molecular flexibility index (Phi) is 3.06. The van der Waals surface area contributed by atoms with Gasteiger partial charge in [0.25, 0.3) is 0 Å². The van der Waals surface area contributed by atoms with Gasteiger partial charge in [-0.3, -0.25) is 0 Å². The van der Waals surface area contributed by atoms with E-state index in [-0.39, 0.29) is 6.04 Å². The molecule has 1 atom stereocenters. The van der Waals surface area contributed by atoms with Gasteiger partial charge in [0.05, 0.1) is 0 Å². The highest BCUT2D eigenvalue weighted by Crippen LogP contribution is 2.24. The number of nitrogens with one attached hydrogen (secondary N) is 2. The Balaban J connectivity index is 1.67. The Morgan fingerprint density at radius 2 is 1.70 bits per heavy atom. The molecule has 0 aliphatic carbocycles. The molecule has 1 aromatic heterocycles. The first-order valence-corrected chi connectivity index (χ1v) is 7.88. The van der Waals surface area contributed by atoms with E-state index in [1.807, 2.05) is 55.5 Å². The number of aromatic amines is 1. The predicted molar refractivity (Wildman–Crippen MR) is 97.5 cm³/mol. The molecule has 2 nitrogen and oxygen atoms in total. The zero-order chi connectivity index (χ0) is 17.4. The van der Waals surface area contributed by atoms with Crippen molar-refractivity contribution in [3.8, 4) is 0 Å². The molecule has 114 valence electrons. The van der Waals surface area contributed by atoms with E-state index in [1.165, 1.54) is 5.39 Å². The summed E-state index contributed by atoms with van der Waals surface area (Å²) in [5, 5.41) is 6.48. The molecule has 4 rings (SSSR count). The molecule has 0 saturated heterocycles. The van der Waals surface area contributed by atoms with Gasteiger partial charge in [0, 0.05) is 26.5 Å². The highest BCUT2D eigenvalue weighted by molar-refractivity contribution is 5.86. The van der Waals surface area contributed by atoms with E-state index in [0.717, 1.165) is 21.9 Å². The molecule has 0 spiro atoms. The first kappa shape index (κ1) is 11.9. The van der Waals surface area contributed by atoms with Gasteiger partial charge in [-0.2, -0.15) is 0 Å². The highest BCUT2D eigenvalue weighted by atomic mass is 15.1. The van der Waals surface area contributed by atoms with E-state index in [4.69, 9.17) is 2.74 Å². The van der Waals surface area contributed by atoms with Gasteiger partial charge in [-0.15, -0.1) is 0 Å². The minimum Gasteiger partial charge on any atom is -0.357 e. The Bertz CT molecular complexity index is 998. The Hall–Kier alpha value is -2.58. The number of hydrogen-bond acceptors (Lipinski definition) is 1. The molecule has 4 aromatic rings. The van der Waals surface area contributed by atoms with Crippen molar-refractivity contribution in [1.82, 2.24) is 10.3 Å². The van der Waals surface area contributed by atoms with Crippen LogP contribution < -0.4 is 5.32 Å². The van der Waals surface area contributed by atoms with Gasteiger partial charge in [-0.1, -0.05) is 60.7 Å². The summed E-state index contributed by atoms with van der Waals surface area (Å²) in [7, 11) is 0. The molecule has 0 unspecified atom stereocenters. The van der Waals surface area contributed by atoms with Crippen LogP contribution in [0.25, 0.3) is 21.7 Å². The number of fused-ring (bicyclic) bond motifs is 2. The van der Waals surface area contributed by atoms with Gasteiger partial charge in [0.1, 0.15) is 0 Å². The van der Waals surface area contributed by atoms with Crippen molar-refractivity contribution in [2.24, 2.45) is 0 Å². The van der Waals surface area contributed by atoms with E-state index in [2.05, 4.69) is 34.6 Å². The summed E-state index contributed by atoms with van der Waals surface area (Å²) in [6.45, 7) is 0.345. The molecule has 2 heteroatoms. The summed E-state index contributed by atoms with van der Waals surface area (Å²) in [6, 6.07) is 24.0. The maximum Gasteiger partial charge on any atom is 0.0495 e. The van der Waals surface area contributed by atoms with Crippen LogP contribution in [-0.4, -0.2) is 4.98 Å². The third-order valence-corrected chi connectivity index (χ3v) is 4.24. The number of benzene rings is 3. The van der Waals surface area contributed by atoms with Gasteiger partial charge < -0.3 is 10.3 Å². The molecule has 0 saturated carbocycles. The molecule has 2 N–H and O–H groups in total. The van der Waals surface area contributed by atoms with Crippen molar-refractivity contribution in [2.45, 2.75) is 19.5 Å². The molecule has 23 heavy (non-hydrogen) atoms. The Labute approximate surface area is 139 Å². The summed E-state index contributed by atoms with van der Waals surface area (Å²) in [4.78, 5) is 3.19. The minimum atomic E-state index is -1.66. The highest BCUT2D eigenvalue weighted by Gasteiger charge is 2.09. The van der Waals surface area contributed by atoms with Gasteiger partial charge in [-0.05, 0) is 40.8 Å². The van der Waals surface area contributed by atoms with Crippen LogP contribution in [0.4, 0.5) is 0 Å². The van der Waals surface area contributed by atoms with Gasteiger partial charge in [0.2, 0.25) is 0 Å². The molecule has 0 radical (unpaired) electrons.